The minimum absolute atomic E-state index is 0.159. The van der Waals surface area contributed by atoms with Crippen LogP contribution >= 0.6 is 0 Å². The molecule has 0 saturated carbocycles. The van der Waals surface area contributed by atoms with Crippen LogP contribution in [0.5, 0.6) is 0 Å². The molecule has 0 aromatic carbocycles. The molecule has 0 amide bonds. The Morgan fingerprint density at radius 2 is 2.27 bits per heavy atom. The largest absolute Gasteiger partial charge is 0.337 e. The average molecular weight is 203 g/mol. The Morgan fingerprint density at radius 1 is 1.60 bits per heavy atom. The zero-order chi connectivity index (χ0) is 11.4. The lowest BCUT2D eigenvalue weighted by atomic mass is 10.1. The second-order valence-electron chi connectivity index (χ2n) is 2.62. The summed E-state index contributed by atoms with van der Waals surface area (Å²) < 4.78 is 0. The first-order chi connectivity index (χ1) is 7.07. The minimum atomic E-state index is -0.778. The van der Waals surface area contributed by atoms with Crippen LogP contribution in [0.4, 0.5) is 5.69 Å². The molecule has 6 heteroatoms. The van der Waals surface area contributed by atoms with Crippen LogP contribution in [0.3, 0.4) is 0 Å². The van der Waals surface area contributed by atoms with Crippen molar-refractivity contribution in [3.63, 3.8) is 0 Å². The lowest BCUT2D eigenvalue weighted by Gasteiger charge is -1.97. The highest BCUT2D eigenvalue weighted by Crippen LogP contribution is 2.14. The second-order valence-corrected chi connectivity index (χ2v) is 2.62. The lowest BCUT2D eigenvalue weighted by molar-refractivity contribution is -0.386. The number of aromatic amines is 1. The van der Waals surface area contributed by atoms with Crippen LogP contribution < -0.4 is 5.56 Å². The molecule has 0 aliphatic rings. The maximum atomic E-state index is 11.1. The predicted octanol–water partition coefficient (Wildman–Crippen LogP) is 0.467. The highest BCUT2D eigenvalue weighted by Gasteiger charge is 2.18. The molecule has 0 saturated heterocycles. The fourth-order valence-electron chi connectivity index (χ4n) is 1.06. The van der Waals surface area contributed by atoms with Gasteiger partial charge < -0.3 is 4.98 Å². The van der Waals surface area contributed by atoms with Crippen LogP contribution in [0.15, 0.2) is 11.0 Å². The molecule has 1 N–H and O–H groups in total. The summed E-state index contributed by atoms with van der Waals surface area (Å²) in [6, 6.07) is 1.58. The topological polar surface area (TPSA) is 99.8 Å². The number of nitrogens with one attached hydrogen (secondary N) is 1. The Bertz CT molecular complexity index is 569. The van der Waals surface area contributed by atoms with Gasteiger partial charge in [0, 0.05) is 17.7 Å². The maximum absolute atomic E-state index is 11.1. The summed E-state index contributed by atoms with van der Waals surface area (Å²) in [5, 5.41) is 18.8. The first-order valence-electron chi connectivity index (χ1n) is 3.84. The van der Waals surface area contributed by atoms with E-state index >= 15 is 0 Å². The minimum Gasteiger partial charge on any atom is -0.322 e. The molecular weight excluding hydrogens is 198 g/mol. The number of aromatic nitrogens is 1. The summed E-state index contributed by atoms with van der Waals surface area (Å²) in [5.41, 5.74) is -0.894. The molecule has 0 bridgehead atoms. The van der Waals surface area contributed by atoms with E-state index in [2.05, 4.69) is 16.8 Å². The van der Waals surface area contributed by atoms with Crippen molar-refractivity contribution < 1.29 is 4.92 Å². The first-order valence-corrected chi connectivity index (χ1v) is 3.84. The molecule has 0 aliphatic carbocycles. The molecule has 0 aliphatic heterocycles. The second kappa shape index (κ2) is 4.07. The Balaban J connectivity index is 3.50. The van der Waals surface area contributed by atoms with E-state index in [0.29, 0.717) is 0 Å². The van der Waals surface area contributed by atoms with Gasteiger partial charge in [-0.15, -0.1) is 0 Å². The molecule has 1 aromatic rings. The molecule has 6 nitrogen and oxygen atoms in total. The number of nitro groups is 1. The number of H-pyrrole nitrogens is 1. The number of nitrogens with zero attached hydrogens (tertiary/aromatic N) is 2. The van der Waals surface area contributed by atoms with Crippen LogP contribution in [-0.2, 0) is 0 Å². The number of hydrogen-bond acceptors (Lipinski definition) is 4. The van der Waals surface area contributed by atoms with Gasteiger partial charge in [0.1, 0.15) is 0 Å². The van der Waals surface area contributed by atoms with Crippen LogP contribution in [0.25, 0.3) is 0 Å². The smallest absolute Gasteiger partial charge is 0.322 e. The van der Waals surface area contributed by atoms with E-state index in [-0.39, 0.29) is 11.1 Å². The standard InChI is InChI=1S/C9H5N3O3/c1-6-7(3-2-4-10)5-11-9(13)8(6)12(14)15/h5H,1H3,(H,11,13). The Labute approximate surface area is 84.3 Å². The highest BCUT2D eigenvalue weighted by atomic mass is 16.6. The molecular formula is C9H5N3O3. The van der Waals surface area contributed by atoms with Gasteiger partial charge in [-0.3, -0.25) is 14.9 Å². The number of hydrogen-bond donors (Lipinski definition) is 1. The zero-order valence-corrected chi connectivity index (χ0v) is 7.70. The SMILES string of the molecule is Cc1c(C#CC#N)c[nH]c(=O)c1[N+](=O)[O-]. The van der Waals surface area contributed by atoms with Crippen LogP contribution in [0.1, 0.15) is 11.1 Å². The Morgan fingerprint density at radius 3 is 2.80 bits per heavy atom. The number of nitriles is 1. The zero-order valence-electron chi connectivity index (χ0n) is 7.70. The molecule has 0 spiro atoms. The summed E-state index contributed by atoms with van der Waals surface area (Å²) >= 11 is 0. The molecule has 1 heterocycles. The maximum Gasteiger partial charge on any atom is 0.337 e. The third-order valence-corrected chi connectivity index (χ3v) is 1.76. The fourth-order valence-corrected chi connectivity index (χ4v) is 1.06. The van der Waals surface area contributed by atoms with Crippen LogP contribution in [-0.4, -0.2) is 9.91 Å². The van der Waals surface area contributed by atoms with Crippen molar-refractivity contribution in [3.05, 3.63) is 37.8 Å². The summed E-state index contributed by atoms with van der Waals surface area (Å²) in [5.74, 6) is 4.50. The van der Waals surface area contributed by atoms with E-state index in [4.69, 9.17) is 5.26 Å². The molecule has 0 unspecified atom stereocenters. The molecule has 15 heavy (non-hydrogen) atoms. The van der Waals surface area contributed by atoms with E-state index in [1.54, 1.807) is 6.07 Å². The molecule has 0 atom stereocenters. The average Bonchev–Trinajstić information content (AvgIpc) is 2.16. The molecule has 1 aromatic heterocycles. The third-order valence-electron chi connectivity index (χ3n) is 1.76. The van der Waals surface area contributed by atoms with Gasteiger partial charge in [-0.2, -0.15) is 5.26 Å². The summed E-state index contributed by atoms with van der Waals surface area (Å²) in [6.45, 7) is 1.41. The molecule has 0 radical (unpaired) electrons. The highest BCUT2D eigenvalue weighted by molar-refractivity contribution is 5.50. The molecule has 1 rings (SSSR count). The normalized spacial score (nSPS) is 8.53. The van der Waals surface area contributed by atoms with Gasteiger partial charge in [0.25, 0.3) is 0 Å². The summed E-state index contributed by atoms with van der Waals surface area (Å²) in [4.78, 5) is 23.1. The Kier molecular flexibility index (Phi) is 2.85. The number of pyridine rings is 1. The van der Waals surface area contributed by atoms with Crippen molar-refractivity contribution in [1.29, 1.82) is 5.26 Å². The summed E-state index contributed by atoms with van der Waals surface area (Å²) in [6.07, 6.45) is 1.25. The lowest BCUT2D eigenvalue weighted by Crippen LogP contribution is -2.13. The van der Waals surface area contributed by atoms with Gasteiger partial charge in [-0.1, -0.05) is 0 Å². The predicted molar refractivity (Wildman–Crippen MR) is 50.9 cm³/mol. The van der Waals surface area contributed by atoms with Crippen molar-refractivity contribution in [2.24, 2.45) is 0 Å². The fraction of sp³-hybridized carbons (Fsp3) is 0.111. The van der Waals surface area contributed by atoms with Crippen molar-refractivity contribution in [2.75, 3.05) is 0 Å². The van der Waals surface area contributed by atoms with Gasteiger partial charge in [0.15, 0.2) is 6.07 Å². The molecule has 74 valence electrons. The number of rotatable bonds is 1. The van der Waals surface area contributed by atoms with Crippen molar-refractivity contribution in [1.82, 2.24) is 4.98 Å². The summed E-state index contributed by atoms with van der Waals surface area (Å²) in [7, 11) is 0. The van der Waals surface area contributed by atoms with Gasteiger partial charge in [0.05, 0.1) is 10.5 Å². The van der Waals surface area contributed by atoms with Crippen molar-refractivity contribution >= 4 is 5.69 Å². The van der Waals surface area contributed by atoms with Gasteiger partial charge in [-0.25, -0.2) is 0 Å². The van der Waals surface area contributed by atoms with Gasteiger partial charge in [0.2, 0.25) is 0 Å². The first kappa shape index (κ1) is 10.5. The monoisotopic (exact) mass is 203 g/mol. The van der Waals surface area contributed by atoms with E-state index in [9.17, 15) is 14.9 Å². The van der Waals surface area contributed by atoms with E-state index < -0.39 is 16.2 Å². The molecule has 0 fully saturated rings. The van der Waals surface area contributed by atoms with Crippen LogP contribution in [0.2, 0.25) is 0 Å². The third kappa shape index (κ3) is 2.01. The van der Waals surface area contributed by atoms with E-state index in [1.165, 1.54) is 13.1 Å². The van der Waals surface area contributed by atoms with Gasteiger partial charge in [-0.05, 0) is 12.8 Å². The van der Waals surface area contributed by atoms with Gasteiger partial charge >= 0.3 is 11.2 Å². The Hall–Kier alpha value is -2.60. The van der Waals surface area contributed by atoms with Crippen LogP contribution in [0, 0.1) is 40.2 Å². The van der Waals surface area contributed by atoms with E-state index in [0.717, 1.165) is 0 Å². The quantitative estimate of drug-likeness (QED) is 0.407. The van der Waals surface area contributed by atoms with Crippen molar-refractivity contribution in [2.45, 2.75) is 6.92 Å². The van der Waals surface area contributed by atoms with E-state index in [1.807, 2.05) is 0 Å². The van der Waals surface area contributed by atoms with Crippen molar-refractivity contribution in [3.8, 4) is 17.9 Å².